The quantitative estimate of drug-likeness (QED) is 0.496. The van der Waals surface area contributed by atoms with Crippen molar-refractivity contribution >= 4 is 39.8 Å². The van der Waals surface area contributed by atoms with Crippen molar-refractivity contribution in [2.45, 2.75) is 31.0 Å². The number of aliphatic carboxylic acids is 1. The summed E-state index contributed by atoms with van der Waals surface area (Å²) in [4.78, 5) is 40.6. The molecule has 36 heavy (non-hydrogen) atoms. The second-order valence-corrected chi connectivity index (χ2v) is 11.2. The van der Waals surface area contributed by atoms with Crippen LogP contribution in [-0.4, -0.2) is 121 Å². The van der Waals surface area contributed by atoms with E-state index in [1.54, 1.807) is 29.2 Å². The van der Waals surface area contributed by atoms with Gasteiger partial charge in [0.15, 0.2) is 0 Å². The number of amides is 2. The summed E-state index contributed by atoms with van der Waals surface area (Å²) in [6, 6.07) is 3.70. The summed E-state index contributed by atoms with van der Waals surface area (Å²) in [6.07, 6.45) is 0.164. The van der Waals surface area contributed by atoms with E-state index in [4.69, 9.17) is 21.1 Å². The summed E-state index contributed by atoms with van der Waals surface area (Å²) in [5.41, 5.74) is 0.451. The van der Waals surface area contributed by atoms with Gasteiger partial charge in [0.1, 0.15) is 12.6 Å². The van der Waals surface area contributed by atoms with Crippen molar-refractivity contribution < 1.29 is 37.4 Å². The van der Waals surface area contributed by atoms with Gasteiger partial charge in [0.25, 0.3) is 16.1 Å². The van der Waals surface area contributed by atoms with E-state index in [2.05, 4.69) is 0 Å². The minimum atomic E-state index is -4.16. The third-order valence-electron chi connectivity index (χ3n) is 6.83. The van der Waals surface area contributed by atoms with E-state index in [0.717, 1.165) is 4.31 Å². The van der Waals surface area contributed by atoms with Gasteiger partial charge in [-0.1, -0.05) is 11.6 Å². The Morgan fingerprint density at radius 3 is 2.33 bits per heavy atom. The highest BCUT2D eigenvalue weighted by molar-refractivity contribution is 7.86. The topological polar surface area (TPSA) is 137 Å². The Morgan fingerprint density at radius 1 is 1.06 bits per heavy atom. The standard InChI is InChI=1S/C22H29ClN4O8S/c1-34-12-13-35-22(31)27-17-6-7-18(27)19(21(29)30)26(14-17)36(32,33)25-10-8-24(9-11-25)20(28)15-2-4-16(23)5-3-15/h2-5,17-19H,6-14H2,1H3,(H,29,30). The number of rotatable bonds is 7. The Morgan fingerprint density at radius 2 is 1.72 bits per heavy atom. The molecule has 12 nitrogen and oxygen atoms in total. The van der Waals surface area contributed by atoms with Gasteiger partial charge >= 0.3 is 12.1 Å². The Bertz CT molecular complexity index is 1090. The molecule has 3 aliphatic rings. The van der Waals surface area contributed by atoms with Crippen molar-refractivity contribution in [2.24, 2.45) is 0 Å². The van der Waals surface area contributed by atoms with Crippen LogP contribution in [0.4, 0.5) is 4.79 Å². The van der Waals surface area contributed by atoms with Crippen LogP contribution in [0.15, 0.2) is 24.3 Å². The van der Waals surface area contributed by atoms with Crippen molar-refractivity contribution in [3.63, 3.8) is 0 Å². The van der Waals surface area contributed by atoms with Gasteiger partial charge < -0.3 is 19.5 Å². The molecule has 0 radical (unpaired) electrons. The predicted octanol–water partition coefficient (Wildman–Crippen LogP) is 0.727. The first kappa shape index (κ1) is 26.6. The van der Waals surface area contributed by atoms with Crippen molar-refractivity contribution in [3.05, 3.63) is 34.9 Å². The van der Waals surface area contributed by atoms with Gasteiger partial charge in [0, 0.05) is 56.5 Å². The Labute approximate surface area is 214 Å². The summed E-state index contributed by atoms with van der Waals surface area (Å²) < 4.78 is 39.4. The van der Waals surface area contributed by atoms with Crippen molar-refractivity contribution in [1.82, 2.24) is 18.4 Å². The summed E-state index contributed by atoms with van der Waals surface area (Å²) >= 11 is 5.88. The number of hydrogen-bond donors (Lipinski definition) is 1. The molecule has 3 saturated heterocycles. The van der Waals surface area contributed by atoms with E-state index in [-0.39, 0.29) is 51.8 Å². The molecule has 2 amide bonds. The molecule has 3 fully saturated rings. The Kier molecular flexibility index (Phi) is 8.05. The van der Waals surface area contributed by atoms with Crippen LogP contribution in [0, 0.1) is 0 Å². The van der Waals surface area contributed by atoms with Crippen LogP contribution in [0.3, 0.4) is 0 Å². The lowest BCUT2D eigenvalue weighted by Crippen LogP contribution is -2.67. The Balaban J connectivity index is 1.45. The van der Waals surface area contributed by atoms with Crippen LogP contribution < -0.4 is 0 Å². The van der Waals surface area contributed by atoms with E-state index in [9.17, 15) is 27.9 Å². The van der Waals surface area contributed by atoms with E-state index in [1.165, 1.54) is 16.3 Å². The molecule has 3 aliphatic heterocycles. The minimum absolute atomic E-state index is 0.0179. The number of ether oxygens (including phenoxy) is 2. The van der Waals surface area contributed by atoms with E-state index < -0.39 is 40.4 Å². The second kappa shape index (κ2) is 10.9. The van der Waals surface area contributed by atoms with Crippen LogP contribution >= 0.6 is 11.6 Å². The molecule has 2 bridgehead atoms. The fraction of sp³-hybridized carbons (Fsp3) is 0.591. The van der Waals surface area contributed by atoms with Crippen molar-refractivity contribution in [3.8, 4) is 0 Å². The molecular formula is C22H29ClN4O8S. The second-order valence-electron chi connectivity index (χ2n) is 8.87. The van der Waals surface area contributed by atoms with Gasteiger partial charge in [-0.25, -0.2) is 4.79 Å². The summed E-state index contributed by atoms with van der Waals surface area (Å²) in [7, 11) is -2.70. The SMILES string of the molecule is COCCOC(=O)N1C2CCC1C(C(=O)O)N(S(=O)(=O)N1CCN(C(=O)c3ccc(Cl)cc3)CC1)C2. The molecule has 1 aromatic rings. The molecule has 1 aromatic carbocycles. The number of piperazine rings is 2. The first-order valence-corrected chi connectivity index (χ1v) is 13.4. The normalized spacial score (nSPS) is 25.1. The van der Waals surface area contributed by atoms with Crippen LogP contribution in [0.2, 0.25) is 5.02 Å². The minimum Gasteiger partial charge on any atom is -0.480 e. The molecule has 198 valence electrons. The number of carboxylic acid groups (broad SMARTS) is 1. The van der Waals surface area contributed by atoms with Gasteiger partial charge in [-0.3, -0.25) is 14.5 Å². The smallest absolute Gasteiger partial charge is 0.410 e. The van der Waals surface area contributed by atoms with Gasteiger partial charge in [-0.2, -0.15) is 17.0 Å². The molecule has 14 heteroatoms. The third kappa shape index (κ3) is 5.16. The van der Waals surface area contributed by atoms with Crippen molar-refractivity contribution in [1.29, 1.82) is 0 Å². The maximum Gasteiger partial charge on any atom is 0.410 e. The zero-order valence-electron chi connectivity index (χ0n) is 19.8. The zero-order chi connectivity index (χ0) is 26.0. The molecule has 0 aromatic heterocycles. The molecule has 3 atom stereocenters. The summed E-state index contributed by atoms with van der Waals surface area (Å²) in [5.74, 6) is -1.55. The van der Waals surface area contributed by atoms with E-state index in [0.29, 0.717) is 23.4 Å². The fourth-order valence-corrected chi connectivity index (χ4v) is 6.98. The van der Waals surface area contributed by atoms with Crippen LogP contribution in [0.1, 0.15) is 23.2 Å². The Hall–Kier alpha value is -2.45. The number of carbonyl (C=O) groups excluding carboxylic acids is 2. The molecule has 1 N–H and O–H groups in total. The highest BCUT2D eigenvalue weighted by Crippen LogP contribution is 2.37. The molecular weight excluding hydrogens is 516 g/mol. The molecule has 4 rings (SSSR count). The van der Waals surface area contributed by atoms with Gasteiger partial charge in [-0.05, 0) is 37.1 Å². The van der Waals surface area contributed by atoms with Crippen molar-refractivity contribution in [2.75, 3.05) is 53.0 Å². The molecule has 3 unspecified atom stereocenters. The lowest BCUT2D eigenvalue weighted by atomic mass is 10.1. The average molecular weight is 545 g/mol. The average Bonchev–Trinajstić information content (AvgIpc) is 3.16. The third-order valence-corrected chi connectivity index (χ3v) is 9.07. The maximum atomic E-state index is 13.6. The number of benzene rings is 1. The monoisotopic (exact) mass is 544 g/mol. The lowest BCUT2D eigenvalue weighted by molar-refractivity contribution is -0.145. The number of hydrogen-bond acceptors (Lipinski definition) is 7. The van der Waals surface area contributed by atoms with Gasteiger partial charge in [0.05, 0.1) is 12.6 Å². The number of fused-ring (bicyclic) bond motifs is 2. The molecule has 0 spiro atoms. The van der Waals surface area contributed by atoms with Crippen LogP contribution in [0.25, 0.3) is 0 Å². The number of methoxy groups -OCH3 is 1. The number of halogens is 1. The van der Waals surface area contributed by atoms with E-state index >= 15 is 0 Å². The zero-order valence-corrected chi connectivity index (χ0v) is 21.4. The van der Waals surface area contributed by atoms with E-state index in [1.807, 2.05) is 0 Å². The molecule has 0 aliphatic carbocycles. The first-order valence-electron chi connectivity index (χ1n) is 11.6. The maximum absolute atomic E-state index is 13.6. The number of carboxylic acids is 1. The lowest BCUT2D eigenvalue weighted by Gasteiger charge is -2.45. The van der Waals surface area contributed by atoms with Gasteiger partial charge in [0.2, 0.25) is 0 Å². The highest BCUT2D eigenvalue weighted by Gasteiger charge is 2.56. The van der Waals surface area contributed by atoms with Gasteiger partial charge in [-0.15, -0.1) is 0 Å². The first-order chi connectivity index (χ1) is 17.1. The summed E-state index contributed by atoms with van der Waals surface area (Å²) in [6.45, 7) is 0.465. The summed E-state index contributed by atoms with van der Waals surface area (Å²) in [5, 5.41) is 10.5. The van der Waals surface area contributed by atoms with Crippen LogP contribution in [-0.2, 0) is 24.5 Å². The number of carbonyl (C=O) groups is 3. The van der Waals surface area contributed by atoms with Crippen LogP contribution in [0.5, 0.6) is 0 Å². The fourth-order valence-electron chi connectivity index (χ4n) is 5.06. The largest absolute Gasteiger partial charge is 0.480 e. The highest BCUT2D eigenvalue weighted by atomic mass is 35.5. The predicted molar refractivity (Wildman–Crippen MR) is 128 cm³/mol. The molecule has 3 heterocycles. The molecule has 0 saturated carbocycles. The number of nitrogens with zero attached hydrogens (tertiary/aromatic N) is 4.